The zero-order valence-corrected chi connectivity index (χ0v) is 19.9. The van der Waals surface area contributed by atoms with Crippen LogP contribution in [0.2, 0.25) is 0 Å². The Morgan fingerprint density at radius 3 is 2.37 bits per heavy atom. The van der Waals surface area contributed by atoms with E-state index in [4.69, 9.17) is 9.68 Å². The topological polar surface area (TPSA) is 107 Å². The Kier molecular flexibility index (Phi) is 7.77. The summed E-state index contributed by atoms with van der Waals surface area (Å²) in [5.41, 5.74) is 2.53. The van der Waals surface area contributed by atoms with E-state index in [-0.39, 0.29) is 17.3 Å². The Labute approximate surface area is 205 Å². The first-order valence-corrected chi connectivity index (χ1v) is 12.7. The van der Waals surface area contributed by atoms with Crippen LogP contribution in [-0.4, -0.2) is 50.3 Å². The molecule has 0 unspecified atom stereocenters. The Morgan fingerprint density at radius 1 is 1.03 bits per heavy atom. The van der Waals surface area contributed by atoms with E-state index in [2.05, 4.69) is 15.7 Å². The standard InChI is InChI=1S/C26H26N4O4S/c27-18-22-3-5-23(6-4-22)20-29-13-15-30(16-14-29)26(31)12-9-21-7-10-25(11-8-21)35(32,33)28-19-24-2-1-17-34-24/h1-12,17,28H,13-16,19-20H2/b12-9+. The predicted molar refractivity (Wildman–Crippen MR) is 131 cm³/mol. The van der Waals surface area contributed by atoms with Crippen LogP contribution in [0, 0.1) is 11.3 Å². The molecule has 0 atom stereocenters. The van der Waals surface area contributed by atoms with Crippen LogP contribution in [0.15, 0.2) is 82.3 Å². The fourth-order valence-electron chi connectivity index (χ4n) is 3.76. The number of rotatable bonds is 8. The Bertz CT molecular complexity index is 1300. The maximum atomic E-state index is 12.6. The Hall–Kier alpha value is -3.71. The fourth-order valence-corrected chi connectivity index (χ4v) is 4.76. The molecule has 8 nitrogen and oxygen atoms in total. The van der Waals surface area contributed by atoms with E-state index in [1.165, 1.54) is 24.5 Å². The molecule has 4 rings (SSSR count). The second-order valence-electron chi connectivity index (χ2n) is 8.22. The number of nitrogens with zero attached hydrogens (tertiary/aromatic N) is 3. The van der Waals surface area contributed by atoms with E-state index in [1.807, 2.05) is 29.2 Å². The van der Waals surface area contributed by atoms with Crippen molar-refractivity contribution >= 4 is 22.0 Å². The van der Waals surface area contributed by atoms with Gasteiger partial charge in [-0.2, -0.15) is 5.26 Å². The molecule has 0 radical (unpaired) electrons. The molecular formula is C26H26N4O4S. The molecule has 1 aliphatic heterocycles. The summed E-state index contributed by atoms with van der Waals surface area (Å²) in [5.74, 6) is 0.460. The first-order valence-electron chi connectivity index (χ1n) is 11.2. The summed E-state index contributed by atoms with van der Waals surface area (Å²) in [6, 6.07) is 19.4. The van der Waals surface area contributed by atoms with Gasteiger partial charge in [-0.25, -0.2) is 13.1 Å². The van der Waals surface area contributed by atoms with Crippen LogP contribution in [0.4, 0.5) is 0 Å². The van der Waals surface area contributed by atoms with E-state index >= 15 is 0 Å². The molecule has 3 aromatic rings. The summed E-state index contributed by atoms with van der Waals surface area (Å²) in [7, 11) is -3.66. The second kappa shape index (κ2) is 11.1. The van der Waals surface area contributed by atoms with Gasteiger partial charge < -0.3 is 9.32 Å². The molecule has 1 amide bonds. The normalized spacial score (nSPS) is 14.8. The number of furan rings is 1. The molecule has 1 saturated heterocycles. The average Bonchev–Trinajstić information content (AvgIpc) is 3.41. The molecule has 0 saturated carbocycles. The molecule has 9 heteroatoms. The smallest absolute Gasteiger partial charge is 0.246 e. The molecule has 1 fully saturated rings. The van der Waals surface area contributed by atoms with Crippen LogP contribution >= 0.6 is 0 Å². The lowest BCUT2D eigenvalue weighted by Gasteiger charge is -2.34. The molecule has 0 aliphatic carbocycles. The predicted octanol–water partition coefficient (Wildman–Crippen LogP) is 2.99. The van der Waals surface area contributed by atoms with Crippen LogP contribution in [0.5, 0.6) is 0 Å². The number of hydrogen-bond acceptors (Lipinski definition) is 6. The number of nitriles is 1. The molecule has 2 aromatic carbocycles. The number of carbonyl (C=O) groups excluding carboxylic acids is 1. The molecule has 35 heavy (non-hydrogen) atoms. The maximum Gasteiger partial charge on any atom is 0.246 e. The van der Waals surface area contributed by atoms with E-state index in [1.54, 1.807) is 30.3 Å². The highest BCUT2D eigenvalue weighted by molar-refractivity contribution is 7.89. The van der Waals surface area contributed by atoms with Crippen molar-refractivity contribution in [2.24, 2.45) is 0 Å². The number of carbonyl (C=O) groups is 1. The van der Waals surface area contributed by atoms with Crippen molar-refractivity contribution in [1.82, 2.24) is 14.5 Å². The minimum Gasteiger partial charge on any atom is -0.468 e. The SMILES string of the molecule is N#Cc1ccc(CN2CCN(C(=O)/C=C/c3ccc(S(=O)(=O)NCc4ccco4)cc3)CC2)cc1. The van der Waals surface area contributed by atoms with Crippen LogP contribution < -0.4 is 4.72 Å². The van der Waals surface area contributed by atoms with Gasteiger partial charge in [0.2, 0.25) is 15.9 Å². The third kappa shape index (κ3) is 6.67. The molecule has 1 N–H and O–H groups in total. The first kappa shape index (κ1) is 24.4. The molecule has 0 spiro atoms. The summed E-state index contributed by atoms with van der Waals surface area (Å²) < 4.78 is 32.5. The summed E-state index contributed by atoms with van der Waals surface area (Å²) in [5, 5.41) is 8.91. The van der Waals surface area contributed by atoms with Gasteiger partial charge in [-0.3, -0.25) is 9.69 Å². The van der Waals surface area contributed by atoms with Gasteiger partial charge in [0.15, 0.2) is 0 Å². The lowest BCUT2D eigenvalue weighted by atomic mass is 10.1. The lowest BCUT2D eigenvalue weighted by molar-refractivity contribution is -0.127. The molecule has 1 aliphatic rings. The Morgan fingerprint density at radius 2 is 1.74 bits per heavy atom. The van der Waals surface area contributed by atoms with Gasteiger partial charge in [-0.05, 0) is 53.6 Å². The van der Waals surface area contributed by atoms with E-state index in [9.17, 15) is 13.2 Å². The molecule has 0 bridgehead atoms. The maximum absolute atomic E-state index is 12.6. The zero-order valence-electron chi connectivity index (χ0n) is 19.1. The van der Waals surface area contributed by atoms with Crippen molar-refractivity contribution < 1.29 is 17.6 Å². The van der Waals surface area contributed by atoms with Crippen molar-refractivity contribution in [3.05, 3.63) is 95.5 Å². The first-order chi connectivity index (χ1) is 16.9. The van der Waals surface area contributed by atoms with Crippen molar-refractivity contribution in [2.45, 2.75) is 18.0 Å². The quantitative estimate of drug-likeness (QED) is 0.487. The van der Waals surface area contributed by atoms with Crippen molar-refractivity contribution in [2.75, 3.05) is 26.2 Å². The summed E-state index contributed by atoms with van der Waals surface area (Å²) in [4.78, 5) is 16.8. The molecule has 2 heterocycles. The third-order valence-electron chi connectivity index (χ3n) is 5.80. The zero-order chi connectivity index (χ0) is 24.7. The highest BCUT2D eigenvalue weighted by Gasteiger charge is 2.20. The lowest BCUT2D eigenvalue weighted by Crippen LogP contribution is -2.47. The van der Waals surface area contributed by atoms with Gasteiger partial charge in [-0.15, -0.1) is 0 Å². The highest BCUT2D eigenvalue weighted by atomic mass is 32.2. The number of nitrogens with one attached hydrogen (secondary N) is 1. The van der Waals surface area contributed by atoms with Gasteiger partial charge in [-0.1, -0.05) is 24.3 Å². The fraction of sp³-hybridized carbons (Fsp3) is 0.231. The Balaban J connectivity index is 1.26. The monoisotopic (exact) mass is 490 g/mol. The number of hydrogen-bond donors (Lipinski definition) is 1. The van der Waals surface area contributed by atoms with Crippen molar-refractivity contribution in [3.63, 3.8) is 0 Å². The van der Waals surface area contributed by atoms with Crippen LogP contribution in [0.1, 0.15) is 22.5 Å². The van der Waals surface area contributed by atoms with Crippen molar-refractivity contribution in [3.8, 4) is 6.07 Å². The van der Waals surface area contributed by atoms with Crippen LogP contribution in [0.3, 0.4) is 0 Å². The van der Waals surface area contributed by atoms with Crippen molar-refractivity contribution in [1.29, 1.82) is 5.26 Å². The summed E-state index contributed by atoms with van der Waals surface area (Å²) in [6.45, 7) is 3.69. The van der Waals surface area contributed by atoms with Crippen LogP contribution in [-0.2, 0) is 27.9 Å². The molecular weight excluding hydrogens is 464 g/mol. The number of piperazine rings is 1. The van der Waals surface area contributed by atoms with E-state index < -0.39 is 10.0 Å². The van der Waals surface area contributed by atoms with Crippen LogP contribution in [0.25, 0.3) is 6.08 Å². The van der Waals surface area contributed by atoms with Gasteiger partial charge in [0.1, 0.15) is 5.76 Å². The van der Waals surface area contributed by atoms with Gasteiger partial charge >= 0.3 is 0 Å². The number of benzene rings is 2. The number of amides is 1. The largest absolute Gasteiger partial charge is 0.468 e. The molecule has 180 valence electrons. The molecule has 1 aromatic heterocycles. The average molecular weight is 491 g/mol. The van der Waals surface area contributed by atoms with Gasteiger partial charge in [0.05, 0.1) is 29.3 Å². The van der Waals surface area contributed by atoms with E-state index in [0.717, 1.165) is 30.8 Å². The summed E-state index contributed by atoms with van der Waals surface area (Å²) >= 11 is 0. The second-order valence-corrected chi connectivity index (χ2v) is 9.98. The van der Waals surface area contributed by atoms with Gasteiger partial charge in [0, 0.05) is 38.8 Å². The number of sulfonamides is 1. The minimum absolute atomic E-state index is 0.0696. The third-order valence-corrected chi connectivity index (χ3v) is 7.22. The highest BCUT2D eigenvalue weighted by Crippen LogP contribution is 2.14. The summed E-state index contributed by atoms with van der Waals surface area (Å²) in [6.07, 6.45) is 4.70. The van der Waals surface area contributed by atoms with Gasteiger partial charge in [0.25, 0.3) is 0 Å². The van der Waals surface area contributed by atoms with E-state index in [0.29, 0.717) is 24.4 Å². The minimum atomic E-state index is -3.66.